The molecule has 0 unspecified atom stereocenters. The van der Waals surface area contributed by atoms with Crippen LogP contribution in [-0.4, -0.2) is 68.5 Å². The number of rotatable bonds is 6. The second-order valence-corrected chi connectivity index (χ2v) is 8.89. The van der Waals surface area contributed by atoms with Gasteiger partial charge in [0, 0.05) is 26.2 Å². The molecule has 154 valence electrons. The molecule has 0 bridgehead atoms. The van der Waals surface area contributed by atoms with Crippen LogP contribution in [-0.2, 0) is 24.3 Å². The minimum Gasteiger partial charge on any atom is -0.455 e. The fourth-order valence-corrected chi connectivity index (χ4v) is 4.16. The number of nitrogens with zero attached hydrogens (tertiary/aromatic N) is 2. The fraction of sp³-hybridized carbons (Fsp3) is 0.333. The van der Waals surface area contributed by atoms with E-state index < -0.39 is 21.9 Å². The minimum atomic E-state index is -3.26. The summed E-state index contributed by atoms with van der Waals surface area (Å²) in [7, 11) is -3.26. The van der Waals surface area contributed by atoms with Crippen LogP contribution in [0, 0.1) is 0 Å². The Labute approximate surface area is 170 Å². The normalized spacial score (nSPS) is 15.3. The van der Waals surface area contributed by atoms with Crippen molar-refractivity contribution in [3.8, 4) is 0 Å². The summed E-state index contributed by atoms with van der Waals surface area (Å²) >= 11 is 0. The molecule has 0 spiro atoms. The summed E-state index contributed by atoms with van der Waals surface area (Å²) in [6, 6.07) is 18.6. The van der Waals surface area contributed by atoms with Crippen molar-refractivity contribution in [2.75, 3.05) is 39.0 Å². The molecular weight excluding hydrogens is 392 g/mol. The maximum atomic E-state index is 12.8. The SMILES string of the molecule is CS(=O)(=O)N1CCN(C(=O)COC(=O)C(c2ccccc2)c2ccccc2)CC1. The Kier molecular flexibility index (Phi) is 6.66. The second kappa shape index (κ2) is 9.19. The number of hydrogen-bond acceptors (Lipinski definition) is 5. The smallest absolute Gasteiger partial charge is 0.318 e. The first-order valence-electron chi connectivity index (χ1n) is 9.35. The average Bonchev–Trinajstić information content (AvgIpc) is 2.73. The van der Waals surface area contributed by atoms with Crippen molar-refractivity contribution in [1.82, 2.24) is 9.21 Å². The molecule has 0 N–H and O–H groups in total. The first-order chi connectivity index (χ1) is 13.9. The van der Waals surface area contributed by atoms with Crippen LogP contribution in [0.5, 0.6) is 0 Å². The van der Waals surface area contributed by atoms with Crippen LogP contribution in [0.25, 0.3) is 0 Å². The molecule has 1 fully saturated rings. The first kappa shape index (κ1) is 21.0. The largest absolute Gasteiger partial charge is 0.455 e. The highest BCUT2D eigenvalue weighted by Crippen LogP contribution is 2.26. The number of carbonyl (C=O) groups is 2. The number of sulfonamides is 1. The zero-order chi connectivity index (χ0) is 20.9. The summed E-state index contributed by atoms with van der Waals surface area (Å²) in [6.07, 6.45) is 1.15. The van der Waals surface area contributed by atoms with E-state index in [1.807, 2.05) is 60.7 Å². The van der Waals surface area contributed by atoms with Gasteiger partial charge in [-0.25, -0.2) is 8.42 Å². The standard InChI is InChI=1S/C21H24N2O5S/c1-29(26,27)23-14-12-22(13-15-23)19(24)16-28-21(25)20(17-8-4-2-5-9-17)18-10-6-3-7-11-18/h2-11,20H,12-16H2,1H3. The Balaban J connectivity index is 1.63. The highest BCUT2D eigenvalue weighted by atomic mass is 32.2. The number of esters is 1. The van der Waals surface area contributed by atoms with E-state index in [0.29, 0.717) is 0 Å². The Morgan fingerprint density at radius 1 is 0.897 bits per heavy atom. The summed E-state index contributed by atoms with van der Waals surface area (Å²) in [4.78, 5) is 26.8. The second-order valence-electron chi connectivity index (χ2n) is 6.90. The number of ether oxygens (including phenoxy) is 1. The zero-order valence-electron chi connectivity index (χ0n) is 16.2. The Bertz CT molecular complexity index is 900. The van der Waals surface area contributed by atoms with Crippen LogP contribution < -0.4 is 0 Å². The van der Waals surface area contributed by atoms with Gasteiger partial charge in [0.1, 0.15) is 5.92 Å². The predicted octanol–water partition coefficient (Wildman–Crippen LogP) is 1.47. The molecule has 2 aromatic rings. The number of piperazine rings is 1. The third-order valence-corrected chi connectivity index (χ3v) is 6.20. The lowest BCUT2D eigenvalue weighted by molar-refractivity contribution is -0.153. The van der Waals surface area contributed by atoms with Gasteiger partial charge in [-0.15, -0.1) is 0 Å². The van der Waals surface area contributed by atoms with E-state index in [-0.39, 0.29) is 38.7 Å². The van der Waals surface area contributed by atoms with Crippen LogP contribution in [0.15, 0.2) is 60.7 Å². The molecule has 0 aliphatic carbocycles. The molecule has 1 aliphatic heterocycles. The highest BCUT2D eigenvalue weighted by molar-refractivity contribution is 7.88. The lowest BCUT2D eigenvalue weighted by Crippen LogP contribution is -2.51. The van der Waals surface area contributed by atoms with E-state index in [9.17, 15) is 18.0 Å². The van der Waals surface area contributed by atoms with Crippen molar-refractivity contribution < 1.29 is 22.7 Å². The monoisotopic (exact) mass is 416 g/mol. The van der Waals surface area contributed by atoms with Crippen LogP contribution in [0.1, 0.15) is 17.0 Å². The molecule has 1 amide bonds. The lowest BCUT2D eigenvalue weighted by atomic mass is 9.91. The Morgan fingerprint density at radius 3 is 1.83 bits per heavy atom. The van der Waals surface area contributed by atoms with Crippen LogP contribution >= 0.6 is 0 Å². The van der Waals surface area contributed by atoms with E-state index in [4.69, 9.17) is 4.74 Å². The molecule has 8 heteroatoms. The molecule has 2 aromatic carbocycles. The average molecular weight is 416 g/mol. The van der Waals surface area contributed by atoms with Gasteiger partial charge in [0.25, 0.3) is 5.91 Å². The van der Waals surface area contributed by atoms with Crippen molar-refractivity contribution in [3.05, 3.63) is 71.8 Å². The first-order valence-corrected chi connectivity index (χ1v) is 11.2. The van der Waals surface area contributed by atoms with Crippen LogP contribution in [0.2, 0.25) is 0 Å². The van der Waals surface area contributed by atoms with E-state index in [0.717, 1.165) is 17.4 Å². The molecule has 0 atom stereocenters. The topological polar surface area (TPSA) is 84.0 Å². The Morgan fingerprint density at radius 2 is 1.38 bits per heavy atom. The molecule has 3 rings (SSSR count). The summed E-state index contributed by atoms with van der Waals surface area (Å²) in [6.45, 7) is 0.687. The molecule has 1 saturated heterocycles. The molecule has 1 heterocycles. The van der Waals surface area contributed by atoms with E-state index >= 15 is 0 Å². The van der Waals surface area contributed by atoms with E-state index in [1.54, 1.807) is 0 Å². The number of benzene rings is 2. The third-order valence-electron chi connectivity index (χ3n) is 4.90. The van der Waals surface area contributed by atoms with Crippen molar-refractivity contribution in [2.45, 2.75) is 5.92 Å². The van der Waals surface area contributed by atoms with Crippen molar-refractivity contribution in [2.24, 2.45) is 0 Å². The van der Waals surface area contributed by atoms with Crippen molar-refractivity contribution in [3.63, 3.8) is 0 Å². The van der Waals surface area contributed by atoms with E-state index in [1.165, 1.54) is 9.21 Å². The molecule has 0 radical (unpaired) electrons. The summed E-state index contributed by atoms with van der Waals surface area (Å²) < 4.78 is 29.8. The molecule has 0 aromatic heterocycles. The van der Waals surface area contributed by atoms with Gasteiger partial charge in [-0.05, 0) is 11.1 Å². The maximum absolute atomic E-state index is 12.8. The van der Waals surface area contributed by atoms with Gasteiger partial charge in [-0.2, -0.15) is 4.31 Å². The molecule has 7 nitrogen and oxygen atoms in total. The minimum absolute atomic E-state index is 0.245. The van der Waals surface area contributed by atoms with Crippen LogP contribution in [0.3, 0.4) is 0 Å². The highest BCUT2D eigenvalue weighted by Gasteiger charge is 2.28. The number of hydrogen-bond donors (Lipinski definition) is 0. The van der Waals surface area contributed by atoms with Crippen LogP contribution in [0.4, 0.5) is 0 Å². The summed E-state index contributed by atoms with van der Waals surface area (Å²) in [5, 5.41) is 0. The number of amides is 1. The van der Waals surface area contributed by atoms with Gasteiger partial charge >= 0.3 is 5.97 Å². The van der Waals surface area contributed by atoms with Crippen molar-refractivity contribution in [1.29, 1.82) is 0 Å². The molecule has 0 saturated carbocycles. The van der Waals surface area contributed by atoms with Gasteiger partial charge in [-0.1, -0.05) is 60.7 Å². The Hall–Kier alpha value is -2.71. The molecular formula is C21H24N2O5S. The van der Waals surface area contributed by atoms with Gasteiger partial charge in [-0.3, -0.25) is 9.59 Å². The third kappa shape index (κ3) is 5.42. The summed E-state index contributed by atoms with van der Waals surface area (Å²) in [5.74, 6) is -1.44. The molecule has 1 aliphatic rings. The fourth-order valence-electron chi connectivity index (χ4n) is 3.33. The zero-order valence-corrected chi connectivity index (χ0v) is 17.0. The predicted molar refractivity (Wildman–Crippen MR) is 109 cm³/mol. The van der Waals surface area contributed by atoms with Gasteiger partial charge in [0.05, 0.1) is 6.26 Å². The summed E-state index contributed by atoms with van der Waals surface area (Å²) in [5.41, 5.74) is 1.58. The maximum Gasteiger partial charge on any atom is 0.318 e. The lowest BCUT2D eigenvalue weighted by Gasteiger charge is -2.33. The van der Waals surface area contributed by atoms with Gasteiger partial charge in [0.15, 0.2) is 6.61 Å². The van der Waals surface area contributed by atoms with Crippen molar-refractivity contribution >= 4 is 21.9 Å². The van der Waals surface area contributed by atoms with E-state index in [2.05, 4.69) is 0 Å². The van der Waals surface area contributed by atoms with Gasteiger partial charge < -0.3 is 9.64 Å². The molecule has 29 heavy (non-hydrogen) atoms. The van der Waals surface area contributed by atoms with Gasteiger partial charge in [0.2, 0.25) is 10.0 Å². The quantitative estimate of drug-likeness (QED) is 0.666. The number of carbonyl (C=O) groups excluding carboxylic acids is 2.